The Morgan fingerprint density at radius 3 is 2.21 bits per heavy atom. The van der Waals surface area contributed by atoms with E-state index in [-0.39, 0.29) is 35.0 Å². The molecule has 2 aliphatic rings. The predicted octanol–water partition coefficient (Wildman–Crippen LogP) is 2.09. The summed E-state index contributed by atoms with van der Waals surface area (Å²) < 4.78 is 13.9. The van der Waals surface area contributed by atoms with Crippen molar-refractivity contribution in [3.63, 3.8) is 0 Å². The van der Waals surface area contributed by atoms with Gasteiger partial charge < -0.3 is 5.73 Å². The maximum atomic E-state index is 13.9. The van der Waals surface area contributed by atoms with Gasteiger partial charge in [-0.15, -0.1) is 0 Å². The summed E-state index contributed by atoms with van der Waals surface area (Å²) in [6, 6.07) is 4.18. The second-order valence-corrected chi connectivity index (χ2v) is 5.19. The predicted molar refractivity (Wildman–Crippen MR) is 68.8 cm³/mol. The Kier molecular flexibility index (Phi) is 2.77. The fourth-order valence-electron chi connectivity index (χ4n) is 3.15. The van der Waals surface area contributed by atoms with E-state index in [2.05, 4.69) is 0 Å². The normalized spacial score (nSPS) is 26.7. The molecule has 1 aliphatic heterocycles. The zero-order chi connectivity index (χ0) is 13.6. The van der Waals surface area contributed by atoms with Crippen LogP contribution in [0, 0.1) is 17.7 Å². The van der Waals surface area contributed by atoms with Crippen molar-refractivity contribution in [1.29, 1.82) is 0 Å². The van der Waals surface area contributed by atoms with Crippen LogP contribution in [-0.2, 0) is 9.59 Å². The summed E-state index contributed by atoms with van der Waals surface area (Å²) in [5.74, 6) is -1.81. The summed E-state index contributed by atoms with van der Waals surface area (Å²) in [4.78, 5) is 25.6. The molecule has 0 bridgehead atoms. The van der Waals surface area contributed by atoms with E-state index in [9.17, 15) is 14.0 Å². The summed E-state index contributed by atoms with van der Waals surface area (Å²) in [6.07, 6.45) is 3.31. The fraction of sp³-hybridized carbons (Fsp3) is 0.429. The molecule has 1 heterocycles. The monoisotopic (exact) mass is 262 g/mol. The van der Waals surface area contributed by atoms with Gasteiger partial charge in [-0.05, 0) is 25.0 Å². The number of rotatable bonds is 1. The number of nitrogens with two attached hydrogens (primary N) is 1. The van der Waals surface area contributed by atoms with Crippen molar-refractivity contribution in [2.45, 2.75) is 25.7 Å². The maximum absolute atomic E-state index is 13.9. The largest absolute Gasteiger partial charge is 0.397 e. The first-order valence-electron chi connectivity index (χ1n) is 6.53. The highest BCUT2D eigenvalue weighted by Crippen LogP contribution is 2.42. The summed E-state index contributed by atoms with van der Waals surface area (Å²) in [7, 11) is 0. The molecule has 100 valence electrons. The number of imide groups is 1. The highest BCUT2D eigenvalue weighted by molar-refractivity contribution is 6.23. The summed E-state index contributed by atoms with van der Waals surface area (Å²) >= 11 is 0. The lowest BCUT2D eigenvalue weighted by Gasteiger charge is -2.19. The molecule has 0 spiro atoms. The van der Waals surface area contributed by atoms with Crippen LogP contribution in [0.4, 0.5) is 15.8 Å². The van der Waals surface area contributed by atoms with Crippen molar-refractivity contribution >= 4 is 23.2 Å². The lowest BCUT2D eigenvalue weighted by molar-refractivity contribution is -0.122. The lowest BCUT2D eigenvalue weighted by atomic mass is 9.81. The number of para-hydroxylation sites is 1. The average Bonchev–Trinajstić information content (AvgIpc) is 2.64. The van der Waals surface area contributed by atoms with E-state index in [4.69, 9.17) is 5.73 Å². The number of hydrogen-bond acceptors (Lipinski definition) is 3. The van der Waals surface area contributed by atoms with Gasteiger partial charge in [-0.3, -0.25) is 9.59 Å². The lowest BCUT2D eigenvalue weighted by Crippen LogP contribution is -2.32. The fourth-order valence-corrected chi connectivity index (χ4v) is 3.15. The number of carbonyl (C=O) groups is 2. The number of benzene rings is 1. The Morgan fingerprint density at radius 2 is 1.68 bits per heavy atom. The number of nitrogens with zero attached hydrogens (tertiary/aromatic N) is 1. The van der Waals surface area contributed by atoms with Crippen molar-refractivity contribution in [2.75, 3.05) is 10.6 Å². The number of hydrogen-bond donors (Lipinski definition) is 1. The minimum atomic E-state index is -0.625. The van der Waals surface area contributed by atoms with Crippen LogP contribution in [0.5, 0.6) is 0 Å². The third-order valence-electron chi connectivity index (χ3n) is 4.08. The second kappa shape index (κ2) is 4.33. The number of fused-ring (bicyclic) bond motifs is 1. The van der Waals surface area contributed by atoms with Gasteiger partial charge in [0.15, 0.2) is 0 Å². The van der Waals surface area contributed by atoms with Gasteiger partial charge in [-0.1, -0.05) is 18.9 Å². The Balaban J connectivity index is 2.06. The Hall–Kier alpha value is -1.91. The van der Waals surface area contributed by atoms with Gasteiger partial charge in [0, 0.05) is 0 Å². The third-order valence-corrected chi connectivity index (χ3v) is 4.08. The van der Waals surface area contributed by atoms with E-state index in [1.807, 2.05) is 0 Å². The molecular formula is C14H15FN2O2. The molecule has 1 saturated carbocycles. The second-order valence-electron chi connectivity index (χ2n) is 5.19. The molecule has 1 saturated heterocycles. The molecule has 2 N–H and O–H groups in total. The summed E-state index contributed by atoms with van der Waals surface area (Å²) in [5.41, 5.74) is 5.78. The van der Waals surface area contributed by atoms with Gasteiger partial charge in [-0.2, -0.15) is 0 Å². The van der Waals surface area contributed by atoms with Crippen molar-refractivity contribution in [3.05, 3.63) is 24.0 Å². The molecule has 3 rings (SSSR count). The van der Waals surface area contributed by atoms with Gasteiger partial charge in [0.1, 0.15) is 11.5 Å². The Bertz CT molecular complexity index is 514. The summed E-state index contributed by atoms with van der Waals surface area (Å²) in [5, 5.41) is 0. The maximum Gasteiger partial charge on any atom is 0.237 e. The minimum absolute atomic E-state index is 0.0769. The van der Waals surface area contributed by atoms with Crippen molar-refractivity contribution in [3.8, 4) is 0 Å². The van der Waals surface area contributed by atoms with Crippen LogP contribution in [0.3, 0.4) is 0 Å². The number of carbonyl (C=O) groups excluding carboxylic acids is 2. The quantitative estimate of drug-likeness (QED) is 0.622. The first-order chi connectivity index (χ1) is 9.11. The van der Waals surface area contributed by atoms with Gasteiger partial charge in [0.25, 0.3) is 0 Å². The van der Waals surface area contributed by atoms with E-state index in [1.54, 1.807) is 0 Å². The van der Waals surface area contributed by atoms with E-state index >= 15 is 0 Å². The average molecular weight is 262 g/mol. The number of anilines is 2. The van der Waals surface area contributed by atoms with E-state index in [1.165, 1.54) is 18.2 Å². The molecule has 2 amide bonds. The zero-order valence-corrected chi connectivity index (χ0v) is 10.4. The van der Waals surface area contributed by atoms with Crippen LogP contribution in [0.15, 0.2) is 18.2 Å². The molecule has 4 nitrogen and oxygen atoms in total. The van der Waals surface area contributed by atoms with Crippen LogP contribution in [-0.4, -0.2) is 11.8 Å². The summed E-state index contributed by atoms with van der Waals surface area (Å²) in [6.45, 7) is 0. The van der Waals surface area contributed by atoms with Crippen LogP contribution >= 0.6 is 0 Å². The molecule has 1 aromatic carbocycles. The molecule has 2 atom stereocenters. The molecule has 0 aromatic heterocycles. The van der Waals surface area contributed by atoms with Gasteiger partial charge >= 0.3 is 0 Å². The number of halogens is 1. The topological polar surface area (TPSA) is 63.4 Å². The number of amides is 2. The van der Waals surface area contributed by atoms with Crippen LogP contribution in [0.25, 0.3) is 0 Å². The SMILES string of the molecule is Nc1cccc(F)c1N1C(=O)C2CCCCC2C1=O. The van der Waals surface area contributed by atoms with E-state index < -0.39 is 5.82 Å². The van der Waals surface area contributed by atoms with Gasteiger partial charge in [-0.25, -0.2) is 9.29 Å². The van der Waals surface area contributed by atoms with E-state index in [0.29, 0.717) is 12.8 Å². The smallest absolute Gasteiger partial charge is 0.237 e. The molecule has 5 heteroatoms. The molecular weight excluding hydrogens is 247 g/mol. The molecule has 1 aromatic rings. The number of nitrogen functional groups attached to an aromatic ring is 1. The van der Waals surface area contributed by atoms with Crippen LogP contribution in [0.2, 0.25) is 0 Å². The van der Waals surface area contributed by atoms with Crippen LogP contribution in [0.1, 0.15) is 25.7 Å². The van der Waals surface area contributed by atoms with E-state index in [0.717, 1.165) is 17.7 Å². The highest BCUT2D eigenvalue weighted by atomic mass is 19.1. The van der Waals surface area contributed by atoms with Gasteiger partial charge in [0.2, 0.25) is 11.8 Å². The van der Waals surface area contributed by atoms with Gasteiger partial charge in [0.05, 0.1) is 17.5 Å². The van der Waals surface area contributed by atoms with Crippen molar-refractivity contribution < 1.29 is 14.0 Å². The Morgan fingerprint density at radius 1 is 1.11 bits per heavy atom. The minimum Gasteiger partial charge on any atom is -0.397 e. The molecule has 19 heavy (non-hydrogen) atoms. The molecule has 2 fully saturated rings. The zero-order valence-electron chi connectivity index (χ0n) is 10.4. The van der Waals surface area contributed by atoms with Crippen molar-refractivity contribution in [2.24, 2.45) is 11.8 Å². The first kappa shape index (κ1) is 12.1. The standard InChI is InChI=1S/C14H15FN2O2/c15-10-6-3-7-11(16)12(10)17-13(18)8-4-1-2-5-9(8)14(17)19/h3,6-9H,1-2,4-5,16H2. The molecule has 1 aliphatic carbocycles. The Labute approximate surface area is 110 Å². The third kappa shape index (κ3) is 1.72. The highest BCUT2D eigenvalue weighted by Gasteiger charge is 2.49. The van der Waals surface area contributed by atoms with Crippen molar-refractivity contribution in [1.82, 2.24) is 0 Å². The molecule has 2 unspecified atom stereocenters. The molecule has 0 radical (unpaired) electrons. The van der Waals surface area contributed by atoms with Crippen LogP contribution < -0.4 is 10.6 Å². The first-order valence-corrected chi connectivity index (χ1v) is 6.53.